The Bertz CT molecular complexity index is 869. The van der Waals surface area contributed by atoms with Crippen LogP contribution in [0.3, 0.4) is 0 Å². The van der Waals surface area contributed by atoms with Crippen molar-refractivity contribution in [2.24, 2.45) is 17.8 Å². The topological polar surface area (TPSA) is 65.0 Å². The van der Waals surface area contributed by atoms with Crippen molar-refractivity contribution in [1.29, 1.82) is 0 Å². The number of rotatable bonds is 10. The van der Waals surface area contributed by atoms with E-state index in [-0.39, 0.29) is 17.9 Å². The van der Waals surface area contributed by atoms with Crippen molar-refractivity contribution in [3.05, 3.63) is 54.1 Å². The number of methoxy groups -OCH3 is 1. The summed E-state index contributed by atoms with van der Waals surface area (Å²) >= 11 is 0. The minimum Gasteiger partial charge on any atom is -0.497 e. The summed E-state index contributed by atoms with van der Waals surface area (Å²) in [4.78, 5) is 11.5. The maximum absolute atomic E-state index is 11.5. The van der Waals surface area contributed by atoms with Crippen LogP contribution in [0.1, 0.15) is 44.1 Å². The Morgan fingerprint density at radius 2 is 1.77 bits per heavy atom. The van der Waals surface area contributed by atoms with Gasteiger partial charge in [-0.15, -0.1) is 0 Å². The van der Waals surface area contributed by atoms with Crippen LogP contribution in [-0.4, -0.2) is 30.9 Å². The predicted molar refractivity (Wildman–Crippen MR) is 114 cm³/mol. The van der Waals surface area contributed by atoms with Crippen LogP contribution >= 0.6 is 0 Å². The predicted octanol–water partition coefficient (Wildman–Crippen LogP) is 5.15. The molecule has 2 aliphatic rings. The van der Waals surface area contributed by atoms with Gasteiger partial charge in [0.1, 0.15) is 17.2 Å². The molecule has 0 unspecified atom stereocenters. The van der Waals surface area contributed by atoms with Crippen molar-refractivity contribution in [2.45, 2.75) is 44.6 Å². The largest absolute Gasteiger partial charge is 0.497 e. The number of carboxylic acids is 1. The molecule has 4 rings (SSSR count). The lowest BCUT2D eigenvalue weighted by atomic mass is 9.82. The minimum atomic E-state index is -0.727. The molecule has 2 fully saturated rings. The number of aliphatic carboxylic acids is 1. The van der Waals surface area contributed by atoms with E-state index >= 15 is 0 Å². The van der Waals surface area contributed by atoms with Crippen molar-refractivity contribution >= 4 is 5.97 Å². The summed E-state index contributed by atoms with van der Waals surface area (Å²) < 4.78 is 17.3. The third-order valence-corrected chi connectivity index (χ3v) is 6.32. The highest BCUT2D eigenvalue weighted by atomic mass is 16.5. The monoisotopic (exact) mass is 410 g/mol. The van der Waals surface area contributed by atoms with E-state index in [1.165, 1.54) is 0 Å². The molecule has 2 atom stereocenters. The third kappa shape index (κ3) is 4.89. The summed E-state index contributed by atoms with van der Waals surface area (Å²) in [5.41, 5.74) is 1.08. The lowest BCUT2D eigenvalue weighted by Gasteiger charge is -2.35. The molecule has 1 N–H and O–H groups in total. The second-order valence-electron chi connectivity index (χ2n) is 8.63. The molecule has 0 aliphatic heterocycles. The molecule has 0 radical (unpaired) electrons. The van der Waals surface area contributed by atoms with E-state index in [9.17, 15) is 9.90 Å². The standard InChI is InChI=1S/C25H30O5/c1-16(25(26)27)24(18-9-10-18)19-5-3-7-21(13-19)29-15-17-11-23(12-17)30-22-8-4-6-20(14-22)28-2/h3-8,13-14,16-18,23-24H,9-12,15H2,1-2H3,(H,26,27)/t16-,17?,23?,24+/m0/s1. The molecule has 2 aromatic rings. The number of benzene rings is 2. The SMILES string of the molecule is COc1cccc(OC2CC(COc3cccc([C@@H](C4CC4)[C@H](C)C(=O)O)c3)C2)c1. The fourth-order valence-electron chi connectivity index (χ4n) is 4.38. The fraction of sp³-hybridized carbons (Fsp3) is 0.480. The average molecular weight is 411 g/mol. The van der Waals surface area contributed by atoms with Gasteiger partial charge in [0.05, 0.1) is 25.7 Å². The molecule has 5 heteroatoms. The average Bonchev–Trinajstić information content (AvgIpc) is 3.55. The Morgan fingerprint density at radius 3 is 2.47 bits per heavy atom. The molecular formula is C25H30O5. The summed E-state index contributed by atoms with van der Waals surface area (Å²) in [6, 6.07) is 15.7. The Kier molecular flexibility index (Phi) is 6.16. The van der Waals surface area contributed by atoms with E-state index in [1.54, 1.807) is 7.11 Å². The van der Waals surface area contributed by atoms with Crippen LogP contribution in [0.2, 0.25) is 0 Å². The lowest BCUT2D eigenvalue weighted by molar-refractivity contribution is -0.142. The van der Waals surface area contributed by atoms with Crippen molar-refractivity contribution in [3.8, 4) is 17.2 Å². The van der Waals surface area contributed by atoms with E-state index < -0.39 is 5.97 Å². The minimum absolute atomic E-state index is 0.0652. The van der Waals surface area contributed by atoms with Crippen LogP contribution in [0.25, 0.3) is 0 Å². The van der Waals surface area contributed by atoms with Gasteiger partial charge in [-0.25, -0.2) is 0 Å². The maximum atomic E-state index is 11.5. The quantitative estimate of drug-likeness (QED) is 0.587. The molecule has 0 bridgehead atoms. The second-order valence-corrected chi connectivity index (χ2v) is 8.63. The summed E-state index contributed by atoms with van der Waals surface area (Å²) in [6.07, 6.45) is 4.39. The second kappa shape index (κ2) is 8.99. The first kappa shape index (κ1) is 20.6. The van der Waals surface area contributed by atoms with Crippen LogP contribution in [-0.2, 0) is 4.79 Å². The van der Waals surface area contributed by atoms with Crippen LogP contribution in [0.15, 0.2) is 48.5 Å². The molecule has 160 valence electrons. The fourth-order valence-corrected chi connectivity index (χ4v) is 4.38. The van der Waals surface area contributed by atoms with Crippen LogP contribution < -0.4 is 14.2 Å². The summed E-state index contributed by atoms with van der Waals surface area (Å²) in [6.45, 7) is 2.47. The first-order chi connectivity index (χ1) is 14.5. The van der Waals surface area contributed by atoms with Gasteiger partial charge < -0.3 is 19.3 Å². The smallest absolute Gasteiger partial charge is 0.306 e. The molecule has 0 heterocycles. The van der Waals surface area contributed by atoms with E-state index in [0.717, 1.165) is 48.5 Å². The zero-order valence-electron chi connectivity index (χ0n) is 17.6. The van der Waals surface area contributed by atoms with Crippen molar-refractivity contribution in [3.63, 3.8) is 0 Å². The molecule has 0 aromatic heterocycles. The van der Waals surface area contributed by atoms with Gasteiger partial charge in [0.15, 0.2) is 0 Å². The molecule has 2 saturated carbocycles. The zero-order valence-corrected chi connectivity index (χ0v) is 17.6. The highest BCUT2D eigenvalue weighted by Gasteiger charge is 2.38. The van der Waals surface area contributed by atoms with E-state index in [4.69, 9.17) is 14.2 Å². The van der Waals surface area contributed by atoms with Crippen molar-refractivity contribution < 1.29 is 24.1 Å². The van der Waals surface area contributed by atoms with Gasteiger partial charge >= 0.3 is 5.97 Å². The number of ether oxygens (including phenoxy) is 3. The summed E-state index contributed by atoms with van der Waals surface area (Å²) in [7, 11) is 1.65. The van der Waals surface area contributed by atoms with Gasteiger partial charge in [-0.2, -0.15) is 0 Å². The Labute approximate surface area is 178 Å². The Morgan fingerprint density at radius 1 is 1.07 bits per heavy atom. The van der Waals surface area contributed by atoms with Gasteiger partial charge in [0.2, 0.25) is 0 Å². The summed E-state index contributed by atoms with van der Waals surface area (Å²) in [5, 5.41) is 9.49. The molecule has 0 spiro atoms. The molecular weight excluding hydrogens is 380 g/mol. The van der Waals surface area contributed by atoms with E-state index in [0.29, 0.717) is 18.4 Å². The van der Waals surface area contributed by atoms with Crippen LogP contribution in [0.5, 0.6) is 17.2 Å². The third-order valence-electron chi connectivity index (χ3n) is 6.32. The lowest BCUT2D eigenvalue weighted by Crippen LogP contribution is -2.37. The normalized spacial score (nSPS) is 22.5. The first-order valence-corrected chi connectivity index (χ1v) is 10.8. The molecule has 2 aromatic carbocycles. The Balaban J connectivity index is 1.28. The zero-order chi connectivity index (χ0) is 21.1. The highest BCUT2D eigenvalue weighted by Crippen LogP contribution is 2.47. The number of hydrogen-bond donors (Lipinski definition) is 1. The van der Waals surface area contributed by atoms with E-state index in [1.807, 2.05) is 55.5 Å². The number of carboxylic acid groups (broad SMARTS) is 1. The maximum Gasteiger partial charge on any atom is 0.306 e. The number of carbonyl (C=O) groups is 1. The van der Waals surface area contributed by atoms with Gasteiger partial charge in [-0.3, -0.25) is 4.79 Å². The van der Waals surface area contributed by atoms with Gasteiger partial charge in [0.25, 0.3) is 0 Å². The van der Waals surface area contributed by atoms with Gasteiger partial charge in [-0.05, 0) is 73.3 Å². The van der Waals surface area contributed by atoms with Crippen LogP contribution in [0, 0.1) is 17.8 Å². The van der Waals surface area contributed by atoms with Gasteiger partial charge in [0, 0.05) is 6.07 Å². The van der Waals surface area contributed by atoms with Crippen molar-refractivity contribution in [2.75, 3.05) is 13.7 Å². The number of hydrogen-bond acceptors (Lipinski definition) is 4. The van der Waals surface area contributed by atoms with Crippen molar-refractivity contribution in [1.82, 2.24) is 0 Å². The molecule has 2 aliphatic carbocycles. The molecule has 30 heavy (non-hydrogen) atoms. The molecule has 0 saturated heterocycles. The van der Waals surface area contributed by atoms with Gasteiger partial charge in [-0.1, -0.05) is 25.1 Å². The van der Waals surface area contributed by atoms with Crippen LogP contribution in [0.4, 0.5) is 0 Å². The first-order valence-electron chi connectivity index (χ1n) is 10.8. The molecule has 0 amide bonds. The highest BCUT2D eigenvalue weighted by molar-refractivity contribution is 5.71. The Hall–Kier alpha value is -2.69. The summed E-state index contributed by atoms with van der Waals surface area (Å²) in [5.74, 6) is 2.37. The van der Waals surface area contributed by atoms with E-state index in [2.05, 4.69) is 0 Å². The molecule has 5 nitrogen and oxygen atoms in total.